The average molecular weight is 234 g/mol. The summed E-state index contributed by atoms with van der Waals surface area (Å²) in [6.45, 7) is 3.72. The number of aromatic amines is 1. The molecular formula is C10H14N6O. The van der Waals surface area contributed by atoms with Gasteiger partial charge in [0.1, 0.15) is 5.82 Å². The van der Waals surface area contributed by atoms with E-state index >= 15 is 0 Å². The van der Waals surface area contributed by atoms with Gasteiger partial charge >= 0.3 is 0 Å². The third-order valence-electron chi connectivity index (χ3n) is 2.29. The SMILES string of the molecule is CCc1nn(C)cc1NC(=O)c1n[nH]c(C)n1. The lowest BCUT2D eigenvalue weighted by molar-refractivity contribution is 0.101. The Morgan fingerprint density at radius 3 is 2.94 bits per heavy atom. The van der Waals surface area contributed by atoms with E-state index < -0.39 is 0 Å². The minimum absolute atomic E-state index is 0.133. The normalized spacial score (nSPS) is 10.5. The van der Waals surface area contributed by atoms with E-state index in [1.165, 1.54) is 0 Å². The lowest BCUT2D eigenvalue weighted by Crippen LogP contribution is -2.14. The van der Waals surface area contributed by atoms with E-state index in [1.54, 1.807) is 17.8 Å². The quantitative estimate of drug-likeness (QED) is 0.816. The van der Waals surface area contributed by atoms with Crippen molar-refractivity contribution in [3.05, 3.63) is 23.5 Å². The maximum atomic E-state index is 11.8. The number of aryl methyl sites for hydroxylation is 3. The molecule has 7 nitrogen and oxygen atoms in total. The highest BCUT2D eigenvalue weighted by Gasteiger charge is 2.14. The molecule has 2 rings (SSSR count). The Hall–Kier alpha value is -2.18. The van der Waals surface area contributed by atoms with Crippen LogP contribution < -0.4 is 5.32 Å². The molecule has 0 saturated carbocycles. The summed E-state index contributed by atoms with van der Waals surface area (Å²) in [4.78, 5) is 15.8. The molecule has 2 aromatic rings. The highest BCUT2D eigenvalue weighted by atomic mass is 16.2. The number of aromatic nitrogens is 5. The molecule has 0 unspecified atom stereocenters. The number of nitrogens with zero attached hydrogens (tertiary/aromatic N) is 4. The predicted molar refractivity (Wildman–Crippen MR) is 61.7 cm³/mol. The van der Waals surface area contributed by atoms with Gasteiger partial charge in [-0.15, -0.1) is 5.10 Å². The summed E-state index contributed by atoms with van der Waals surface area (Å²) in [5.74, 6) is 0.405. The molecule has 0 aliphatic rings. The third-order valence-corrected chi connectivity index (χ3v) is 2.29. The van der Waals surface area contributed by atoms with Gasteiger partial charge < -0.3 is 5.32 Å². The lowest BCUT2D eigenvalue weighted by Gasteiger charge is -2.00. The molecule has 17 heavy (non-hydrogen) atoms. The summed E-state index contributed by atoms with van der Waals surface area (Å²) < 4.78 is 1.66. The number of amides is 1. The molecular weight excluding hydrogens is 220 g/mol. The van der Waals surface area contributed by atoms with Crippen LogP contribution in [0.5, 0.6) is 0 Å². The number of carbonyl (C=O) groups excluding carboxylic acids is 1. The van der Waals surface area contributed by atoms with Gasteiger partial charge in [0.2, 0.25) is 5.82 Å². The van der Waals surface area contributed by atoms with Crippen LogP contribution in [0, 0.1) is 6.92 Å². The lowest BCUT2D eigenvalue weighted by atomic mass is 10.3. The Morgan fingerprint density at radius 2 is 2.35 bits per heavy atom. The summed E-state index contributed by atoms with van der Waals surface area (Å²) in [6.07, 6.45) is 2.51. The van der Waals surface area contributed by atoms with Crippen molar-refractivity contribution in [2.75, 3.05) is 5.32 Å². The van der Waals surface area contributed by atoms with Crippen LogP contribution in [0.1, 0.15) is 29.1 Å². The van der Waals surface area contributed by atoms with Crippen LogP contribution in [0.2, 0.25) is 0 Å². The Bertz CT molecular complexity index is 541. The molecule has 2 aromatic heterocycles. The molecule has 0 radical (unpaired) electrons. The number of nitrogens with one attached hydrogen (secondary N) is 2. The van der Waals surface area contributed by atoms with Gasteiger partial charge in [-0.3, -0.25) is 14.6 Å². The summed E-state index contributed by atoms with van der Waals surface area (Å²) in [6, 6.07) is 0. The number of H-pyrrole nitrogens is 1. The van der Waals surface area contributed by atoms with Crippen molar-refractivity contribution in [1.82, 2.24) is 25.0 Å². The van der Waals surface area contributed by atoms with Crippen molar-refractivity contribution >= 4 is 11.6 Å². The highest BCUT2D eigenvalue weighted by Crippen LogP contribution is 2.14. The van der Waals surface area contributed by atoms with Gasteiger partial charge in [0, 0.05) is 13.2 Å². The van der Waals surface area contributed by atoms with Gasteiger partial charge in [0.05, 0.1) is 11.4 Å². The summed E-state index contributed by atoms with van der Waals surface area (Å²) in [5.41, 5.74) is 1.54. The zero-order valence-corrected chi connectivity index (χ0v) is 9.98. The van der Waals surface area contributed by atoms with E-state index in [0.29, 0.717) is 11.5 Å². The molecule has 2 heterocycles. The van der Waals surface area contributed by atoms with E-state index in [2.05, 4.69) is 25.6 Å². The molecule has 0 aliphatic heterocycles. The van der Waals surface area contributed by atoms with Crippen LogP contribution >= 0.6 is 0 Å². The summed E-state index contributed by atoms with van der Waals surface area (Å²) >= 11 is 0. The molecule has 0 saturated heterocycles. The number of carbonyl (C=O) groups is 1. The monoisotopic (exact) mass is 234 g/mol. The maximum Gasteiger partial charge on any atom is 0.295 e. The van der Waals surface area contributed by atoms with E-state index in [0.717, 1.165) is 12.1 Å². The Balaban J connectivity index is 2.18. The summed E-state index contributed by atoms with van der Waals surface area (Å²) in [5, 5.41) is 13.4. The first-order chi connectivity index (χ1) is 8.10. The summed E-state index contributed by atoms with van der Waals surface area (Å²) in [7, 11) is 1.81. The van der Waals surface area contributed by atoms with Crippen molar-refractivity contribution in [2.24, 2.45) is 7.05 Å². The van der Waals surface area contributed by atoms with Crippen molar-refractivity contribution in [3.8, 4) is 0 Å². The minimum atomic E-state index is -0.336. The molecule has 90 valence electrons. The molecule has 7 heteroatoms. The second-order valence-electron chi connectivity index (χ2n) is 3.72. The van der Waals surface area contributed by atoms with Crippen molar-refractivity contribution in [1.29, 1.82) is 0 Å². The van der Waals surface area contributed by atoms with Crippen LogP contribution in [-0.2, 0) is 13.5 Å². The first-order valence-corrected chi connectivity index (χ1v) is 5.33. The van der Waals surface area contributed by atoms with Crippen molar-refractivity contribution in [2.45, 2.75) is 20.3 Å². The molecule has 1 amide bonds. The van der Waals surface area contributed by atoms with Crippen LogP contribution in [0.15, 0.2) is 6.20 Å². The standard InChI is InChI=1S/C10H14N6O/c1-4-7-8(5-16(3)15-7)12-10(17)9-11-6(2)13-14-9/h5H,4H2,1-3H3,(H,12,17)(H,11,13,14). The van der Waals surface area contributed by atoms with Crippen LogP contribution in [-0.4, -0.2) is 30.9 Å². The zero-order chi connectivity index (χ0) is 12.4. The predicted octanol–water partition coefficient (Wildman–Crippen LogP) is 0.661. The third kappa shape index (κ3) is 2.32. The van der Waals surface area contributed by atoms with Gasteiger partial charge in [-0.05, 0) is 13.3 Å². The van der Waals surface area contributed by atoms with Crippen LogP contribution in [0.4, 0.5) is 5.69 Å². The zero-order valence-electron chi connectivity index (χ0n) is 9.98. The van der Waals surface area contributed by atoms with Gasteiger partial charge in [-0.25, -0.2) is 4.98 Å². The smallest absolute Gasteiger partial charge is 0.295 e. The number of hydrogen-bond donors (Lipinski definition) is 2. The van der Waals surface area contributed by atoms with Crippen molar-refractivity contribution in [3.63, 3.8) is 0 Å². The molecule has 0 atom stereocenters. The molecule has 0 aromatic carbocycles. The Morgan fingerprint density at radius 1 is 1.59 bits per heavy atom. The maximum absolute atomic E-state index is 11.8. The van der Waals surface area contributed by atoms with E-state index in [4.69, 9.17) is 0 Å². The first-order valence-electron chi connectivity index (χ1n) is 5.33. The van der Waals surface area contributed by atoms with E-state index in [1.807, 2.05) is 14.0 Å². The molecule has 0 aliphatic carbocycles. The minimum Gasteiger partial charge on any atom is -0.316 e. The fourth-order valence-corrected chi connectivity index (χ4v) is 1.52. The first kappa shape index (κ1) is 11.3. The molecule has 0 spiro atoms. The Kier molecular flexibility index (Phi) is 2.90. The fourth-order valence-electron chi connectivity index (χ4n) is 1.52. The van der Waals surface area contributed by atoms with Gasteiger partial charge in [0.25, 0.3) is 5.91 Å². The van der Waals surface area contributed by atoms with Crippen molar-refractivity contribution < 1.29 is 4.79 Å². The fraction of sp³-hybridized carbons (Fsp3) is 0.400. The van der Waals surface area contributed by atoms with Gasteiger partial charge in [-0.1, -0.05) is 6.92 Å². The molecule has 0 fully saturated rings. The Labute approximate surface area is 98.2 Å². The largest absolute Gasteiger partial charge is 0.316 e. The van der Waals surface area contributed by atoms with Crippen LogP contribution in [0.25, 0.3) is 0 Å². The number of anilines is 1. The topological polar surface area (TPSA) is 88.5 Å². The van der Waals surface area contributed by atoms with Gasteiger partial charge in [-0.2, -0.15) is 5.10 Å². The van der Waals surface area contributed by atoms with E-state index in [9.17, 15) is 4.79 Å². The number of rotatable bonds is 3. The van der Waals surface area contributed by atoms with E-state index in [-0.39, 0.29) is 11.7 Å². The molecule has 0 bridgehead atoms. The second kappa shape index (κ2) is 4.36. The van der Waals surface area contributed by atoms with Crippen LogP contribution in [0.3, 0.4) is 0 Å². The highest BCUT2D eigenvalue weighted by molar-refractivity contribution is 6.01. The molecule has 2 N–H and O–H groups in total. The average Bonchev–Trinajstić information content (AvgIpc) is 2.85. The second-order valence-corrected chi connectivity index (χ2v) is 3.72. The van der Waals surface area contributed by atoms with Gasteiger partial charge in [0.15, 0.2) is 0 Å². The number of hydrogen-bond acceptors (Lipinski definition) is 4.